The number of carbonyl (C=O) groups is 1. The lowest BCUT2D eigenvalue weighted by molar-refractivity contribution is -0.0736. The number of amides is 1. The summed E-state index contributed by atoms with van der Waals surface area (Å²) >= 11 is 0. The molecule has 22 heavy (non-hydrogen) atoms. The summed E-state index contributed by atoms with van der Waals surface area (Å²) in [6.45, 7) is 8.89. The highest BCUT2D eigenvalue weighted by atomic mass is 16.7. The summed E-state index contributed by atoms with van der Waals surface area (Å²) in [6.07, 6.45) is 1.13. The number of hydrogen-bond donors (Lipinski definition) is 0. The number of piperazine rings is 1. The van der Waals surface area contributed by atoms with Crippen LogP contribution in [0.4, 0.5) is 0 Å². The van der Waals surface area contributed by atoms with Gasteiger partial charge in [0.1, 0.15) is 0 Å². The Morgan fingerprint density at radius 3 is 2.50 bits per heavy atom. The van der Waals surface area contributed by atoms with Crippen molar-refractivity contribution in [2.24, 2.45) is 0 Å². The van der Waals surface area contributed by atoms with Crippen LogP contribution in [0.15, 0.2) is 18.2 Å². The van der Waals surface area contributed by atoms with Crippen LogP contribution >= 0.6 is 0 Å². The molecule has 0 aliphatic carbocycles. The van der Waals surface area contributed by atoms with Gasteiger partial charge in [-0.25, -0.2) is 0 Å². The zero-order valence-electron chi connectivity index (χ0n) is 13.3. The second kappa shape index (κ2) is 4.62. The van der Waals surface area contributed by atoms with Gasteiger partial charge >= 0.3 is 0 Å². The summed E-state index contributed by atoms with van der Waals surface area (Å²) in [5.41, 5.74) is 0.869. The predicted molar refractivity (Wildman–Crippen MR) is 82.3 cm³/mol. The van der Waals surface area contributed by atoms with E-state index in [2.05, 4.69) is 30.6 Å². The molecule has 0 N–H and O–H groups in total. The summed E-state index contributed by atoms with van der Waals surface area (Å²) in [6, 6.07) is 6.16. The molecule has 0 aromatic heterocycles. The molecule has 3 fully saturated rings. The summed E-state index contributed by atoms with van der Waals surface area (Å²) in [7, 11) is 0. The lowest BCUT2D eigenvalue weighted by atomic mass is 9.84. The van der Waals surface area contributed by atoms with Gasteiger partial charge in [0.2, 0.25) is 6.79 Å². The fourth-order valence-corrected chi connectivity index (χ4v) is 3.67. The zero-order chi connectivity index (χ0) is 15.5. The molecule has 0 spiro atoms. The van der Waals surface area contributed by atoms with Crippen LogP contribution in [0, 0.1) is 0 Å². The quantitative estimate of drug-likeness (QED) is 0.797. The molecule has 4 heterocycles. The van der Waals surface area contributed by atoms with Gasteiger partial charge in [0, 0.05) is 36.3 Å². The Morgan fingerprint density at radius 2 is 1.82 bits per heavy atom. The molecule has 1 amide bonds. The van der Waals surface area contributed by atoms with Gasteiger partial charge in [-0.2, -0.15) is 0 Å². The van der Waals surface area contributed by atoms with E-state index in [0.29, 0.717) is 23.4 Å². The third-order valence-corrected chi connectivity index (χ3v) is 5.00. The van der Waals surface area contributed by atoms with Crippen LogP contribution in [0.5, 0.6) is 11.5 Å². The van der Waals surface area contributed by atoms with Gasteiger partial charge < -0.3 is 14.4 Å². The van der Waals surface area contributed by atoms with Crippen LogP contribution in [-0.2, 0) is 0 Å². The van der Waals surface area contributed by atoms with Crippen molar-refractivity contribution in [3.8, 4) is 11.5 Å². The molecule has 5 heteroatoms. The van der Waals surface area contributed by atoms with E-state index in [1.54, 1.807) is 6.07 Å². The molecule has 0 radical (unpaired) electrons. The minimum absolute atomic E-state index is 0.119. The Labute approximate surface area is 130 Å². The first-order valence-electron chi connectivity index (χ1n) is 7.91. The van der Waals surface area contributed by atoms with E-state index in [4.69, 9.17) is 9.47 Å². The maximum Gasteiger partial charge on any atom is 0.254 e. The predicted octanol–water partition coefficient (Wildman–Crippen LogP) is 2.11. The van der Waals surface area contributed by atoms with Gasteiger partial charge in [-0.15, -0.1) is 0 Å². The van der Waals surface area contributed by atoms with Crippen molar-refractivity contribution in [3.05, 3.63) is 23.8 Å². The van der Waals surface area contributed by atoms with Crippen LogP contribution in [0.2, 0.25) is 0 Å². The standard InChI is InChI=1S/C17H22N2O3/c1-17(2,3)18-8-12-7-13(9-18)19(12)16(20)11-4-5-14-15(6-11)22-10-21-14/h4-6,12-13H,7-10H2,1-3H3. The molecule has 2 bridgehead atoms. The van der Waals surface area contributed by atoms with E-state index < -0.39 is 0 Å². The highest BCUT2D eigenvalue weighted by Gasteiger charge is 2.49. The van der Waals surface area contributed by atoms with E-state index >= 15 is 0 Å². The number of hydrogen-bond acceptors (Lipinski definition) is 4. The van der Waals surface area contributed by atoms with Crippen LogP contribution < -0.4 is 9.47 Å². The maximum absolute atomic E-state index is 12.8. The lowest BCUT2D eigenvalue weighted by Crippen LogP contribution is -2.72. The van der Waals surface area contributed by atoms with E-state index in [-0.39, 0.29) is 18.2 Å². The number of piperidine rings is 1. The molecular formula is C17H22N2O3. The van der Waals surface area contributed by atoms with Crippen molar-refractivity contribution >= 4 is 5.91 Å². The molecule has 4 aliphatic rings. The van der Waals surface area contributed by atoms with Crippen molar-refractivity contribution in [1.82, 2.24) is 9.80 Å². The third kappa shape index (κ3) is 2.07. The molecule has 5 nitrogen and oxygen atoms in total. The first kappa shape index (κ1) is 13.9. The smallest absolute Gasteiger partial charge is 0.254 e. The van der Waals surface area contributed by atoms with Crippen LogP contribution in [0.25, 0.3) is 0 Å². The topological polar surface area (TPSA) is 42.0 Å². The van der Waals surface area contributed by atoms with Gasteiger partial charge in [-0.05, 0) is 45.4 Å². The Hall–Kier alpha value is -1.75. The Bertz CT molecular complexity index is 611. The number of nitrogens with zero attached hydrogens (tertiary/aromatic N) is 2. The lowest BCUT2D eigenvalue weighted by Gasteiger charge is -2.59. The highest BCUT2D eigenvalue weighted by Crippen LogP contribution is 2.38. The highest BCUT2D eigenvalue weighted by molar-refractivity contribution is 5.96. The van der Waals surface area contributed by atoms with E-state index in [1.165, 1.54) is 0 Å². The van der Waals surface area contributed by atoms with Gasteiger partial charge in [-0.3, -0.25) is 9.69 Å². The molecule has 1 aromatic carbocycles. The first-order valence-corrected chi connectivity index (χ1v) is 7.91. The summed E-state index contributed by atoms with van der Waals surface area (Å²) in [5.74, 6) is 1.51. The molecular weight excluding hydrogens is 280 g/mol. The molecule has 4 aliphatic heterocycles. The van der Waals surface area contributed by atoms with E-state index in [9.17, 15) is 4.79 Å². The Morgan fingerprint density at radius 1 is 1.14 bits per heavy atom. The molecule has 5 rings (SSSR count). The fourth-order valence-electron chi connectivity index (χ4n) is 3.67. The Balaban J connectivity index is 1.51. The maximum atomic E-state index is 12.8. The summed E-state index contributed by atoms with van der Waals surface area (Å²) in [5, 5.41) is 0. The largest absolute Gasteiger partial charge is 0.454 e. The molecule has 0 saturated carbocycles. The van der Waals surface area contributed by atoms with Crippen molar-refractivity contribution in [2.45, 2.75) is 44.8 Å². The van der Waals surface area contributed by atoms with Crippen LogP contribution in [0.1, 0.15) is 37.6 Å². The van der Waals surface area contributed by atoms with Crippen molar-refractivity contribution < 1.29 is 14.3 Å². The minimum atomic E-state index is 0.119. The number of rotatable bonds is 1. The molecule has 2 atom stereocenters. The number of fused-ring (bicyclic) bond motifs is 3. The zero-order valence-corrected chi connectivity index (χ0v) is 13.3. The average Bonchev–Trinajstić information content (AvgIpc) is 2.93. The monoisotopic (exact) mass is 302 g/mol. The third-order valence-electron chi connectivity index (χ3n) is 5.00. The van der Waals surface area contributed by atoms with Crippen LogP contribution in [-0.4, -0.2) is 53.2 Å². The molecule has 1 aromatic rings. The van der Waals surface area contributed by atoms with E-state index in [0.717, 1.165) is 25.3 Å². The molecule has 3 saturated heterocycles. The molecule has 118 valence electrons. The van der Waals surface area contributed by atoms with Gasteiger partial charge in [0.05, 0.1) is 0 Å². The number of benzene rings is 1. The number of carbonyl (C=O) groups excluding carboxylic acids is 1. The summed E-state index contributed by atoms with van der Waals surface area (Å²) in [4.78, 5) is 17.3. The Kier molecular flexibility index (Phi) is 2.92. The normalized spacial score (nSPS) is 26.8. The van der Waals surface area contributed by atoms with Crippen LogP contribution in [0.3, 0.4) is 0 Å². The number of ether oxygens (including phenoxy) is 2. The van der Waals surface area contributed by atoms with Gasteiger partial charge in [0.25, 0.3) is 5.91 Å². The second-order valence-electron chi connectivity index (χ2n) is 7.40. The SMILES string of the molecule is CC(C)(C)N1CC2CC(C1)N2C(=O)c1ccc2c(c1)OCO2. The van der Waals surface area contributed by atoms with E-state index in [1.807, 2.05) is 12.1 Å². The minimum Gasteiger partial charge on any atom is -0.454 e. The van der Waals surface area contributed by atoms with Gasteiger partial charge in [-0.1, -0.05) is 0 Å². The van der Waals surface area contributed by atoms with Crippen molar-refractivity contribution in [2.75, 3.05) is 19.9 Å². The average molecular weight is 302 g/mol. The van der Waals surface area contributed by atoms with Crippen molar-refractivity contribution in [1.29, 1.82) is 0 Å². The first-order chi connectivity index (χ1) is 10.4. The molecule has 2 unspecified atom stereocenters. The summed E-state index contributed by atoms with van der Waals surface area (Å²) < 4.78 is 10.7. The van der Waals surface area contributed by atoms with Crippen molar-refractivity contribution in [3.63, 3.8) is 0 Å². The fraction of sp³-hybridized carbons (Fsp3) is 0.588. The second-order valence-corrected chi connectivity index (χ2v) is 7.40. The van der Waals surface area contributed by atoms with Gasteiger partial charge in [0.15, 0.2) is 11.5 Å².